The Labute approximate surface area is 170 Å². The number of halogens is 1. The molecule has 0 aliphatic rings. The van der Waals surface area contributed by atoms with Crippen LogP contribution in [0.5, 0.6) is 5.75 Å². The van der Waals surface area contributed by atoms with Crippen molar-refractivity contribution in [2.24, 2.45) is 0 Å². The molecule has 3 rings (SSSR count). The Kier molecular flexibility index (Phi) is 5.89. The molecular formula is C21H17ClNO6-. The average Bonchev–Trinajstić information content (AvgIpc) is 2.70. The molecular weight excluding hydrogens is 398 g/mol. The third kappa shape index (κ3) is 4.25. The van der Waals surface area contributed by atoms with Crippen molar-refractivity contribution in [2.75, 3.05) is 7.11 Å². The summed E-state index contributed by atoms with van der Waals surface area (Å²) in [6.07, 6.45) is -0.357. The van der Waals surface area contributed by atoms with Gasteiger partial charge in [-0.25, -0.2) is 4.79 Å². The van der Waals surface area contributed by atoms with Gasteiger partial charge in [-0.1, -0.05) is 41.9 Å². The Morgan fingerprint density at radius 2 is 1.93 bits per heavy atom. The molecule has 1 heterocycles. The van der Waals surface area contributed by atoms with Crippen molar-refractivity contribution in [3.8, 4) is 5.75 Å². The number of aryl methyl sites for hydroxylation is 1. The Hall–Kier alpha value is -3.32. The van der Waals surface area contributed by atoms with Crippen molar-refractivity contribution in [3.63, 3.8) is 0 Å². The first-order valence-electron chi connectivity index (χ1n) is 8.66. The highest BCUT2D eigenvalue weighted by Crippen LogP contribution is 2.31. The van der Waals surface area contributed by atoms with Crippen molar-refractivity contribution in [1.29, 1.82) is 0 Å². The summed E-state index contributed by atoms with van der Waals surface area (Å²) in [7, 11) is 1.44. The van der Waals surface area contributed by atoms with Crippen LogP contribution in [0, 0.1) is 6.92 Å². The van der Waals surface area contributed by atoms with Gasteiger partial charge >= 0.3 is 5.63 Å². The maximum Gasteiger partial charge on any atom is 0.340 e. The van der Waals surface area contributed by atoms with Crippen LogP contribution >= 0.6 is 11.6 Å². The first-order valence-corrected chi connectivity index (χ1v) is 9.04. The van der Waals surface area contributed by atoms with Crippen LogP contribution in [0.25, 0.3) is 11.0 Å². The van der Waals surface area contributed by atoms with Crippen LogP contribution in [0.2, 0.25) is 5.02 Å². The highest BCUT2D eigenvalue weighted by atomic mass is 35.5. The van der Waals surface area contributed by atoms with Crippen molar-refractivity contribution >= 4 is 34.4 Å². The first kappa shape index (κ1) is 20.4. The van der Waals surface area contributed by atoms with E-state index in [0.717, 1.165) is 0 Å². The second-order valence-electron chi connectivity index (χ2n) is 6.38. The summed E-state index contributed by atoms with van der Waals surface area (Å²) in [4.78, 5) is 36.4. The Bertz CT molecular complexity index is 1140. The Morgan fingerprint density at radius 3 is 2.55 bits per heavy atom. The third-order valence-corrected chi connectivity index (χ3v) is 4.87. The number of methoxy groups -OCH3 is 1. The summed E-state index contributed by atoms with van der Waals surface area (Å²) < 4.78 is 10.4. The van der Waals surface area contributed by atoms with E-state index in [1.54, 1.807) is 43.3 Å². The van der Waals surface area contributed by atoms with Crippen LogP contribution in [-0.4, -0.2) is 19.0 Å². The van der Waals surface area contributed by atoms with Crippen LogP contribution in [0.4, 0.5) is 0 Å². The summed E-state index contributed by atoms with van der Waals surface area (Å²) in [6.45, 7) is 1.66. The first-order chi connectivity index (χ1) is 13.8. The minimum atomic E-state index is -1.45. The summed E-state index contributed by atoms with van der Waals surface area (Å²) in [6, 6.07) is 9.89. The molecule has 2 aromatic carbocycles. The van der Waals surface area contributed by atoms with Gasteiger partial charge in [-0.05, 0) is 24.1 Å². The van der Waals surface area contributed by atoms with Crippen molar-refractivity contribution < 1.29 is 23.8 Å². The van der Waals surface area contributed by atoms with E-state index in [-0.39, 0.29) is 17.6 Å². The predicted molar refractivity (Wildman–Crippen MR) is 105 cm³/mol. The molecule has 0 radical (unpaired) electrons. The number of carboxylic acids is 1. The fourth-order valence-corrected chi connectivity index (χ4v) is 3.29. The van der Waals surface area contributed by atoms with Gasteiger partial charge in [0.1, 0.15) is 11.3 Å². The average molecular weight is 415 g/mol. The number of aliphatic carboxylic acids is 1. The number of carbonyl (C=O) groups excluding carboxylic acids is 2. The van der Waals surface area contributed by atoms with Crippen LogP contribution in [-0.2, 0) is 16.0 Å². The van der Waals surface area contributed by atoms with Gasteiger partial charge in [-0.3, -0.25) is 4.79 Å². The maximum atomic E-state index is 12.5. The summed E-state index contributed by atoms with van der Waals surface area (Å²) >= 11 is 6.15. The number of hydrogen-bond acceptors (Lipinski definition) is 6. The predicted octanol–water partition coefficient (Wildman–Crippen LogP) is 1.91. The van der Waals surface area contributed by atoms with Gasteiger partial charge in [-0.15, -0.1) is 0 Å². The minimum absolute atomic E-state index is 0.112. The molecule has 3 aromatic rings. The minimum Gasteiger partial charge on any atom is -0.548 e. The van der Waals surface area contributed by atoms with Gasteiger partial charge in [0.05, 0.1) is 36.1 Å². The molecule has 0 fully saturated rings. The maximum absolute atomic E-state index is 12.5. The topological polar surface area (TPSA) is 109 Å². The zero-order valence-electron chi connectivity index (χ0n) is 15.7. The molecule has 0 bridgehead atoms. The fourth-order valence-electron chi connectivity index (χ4n) is 3.05. The smallest absolute Gasteiger partial charge is 0.340 e. The van der Waals surface area contributed by atoms with E-state index in [1.807, 2.05) is 0 Å². The molecule has 0 aliphatic heterocycles. The van der Waals surface area contributed by atoms with Gasteiger partial charge in [0, 0.05) is 11.5 Å². The van der Waals surface area contributed by atoms with Gasteiger partial charge < -0.3 is 24.4 Å². The van der Waals surface area contributed by atoms with E-state index < -0.39 is 23.5 Å². The van der Waals surface area contributed by atoms with Gasteiger partial charge in [0.15, 0.2) is 0 Å². The van der Waals surface area contributed by atoms with Crippen LogP contribution in [0.1, 0.15) is 22.7 Å². The van der Waals surface area contributed by atoms with Crippen molar-refractivity contribution in [3.05, 3.63) is 74.6 Å². The second-order valence-corrected chi connectivity index (χ2v) is 6.79. The molecule has 0 spiro atoms. The molecule has 0 saturated carbocycles. The third-order valence-electron chi connectivity index (χ3n) is 4.57. The quantitative estimate of drug-likeness (QED) is 0.617. The molecule has 1 aromatic heterocycles. The molecule has 1 amide bonds. The molecule has 0 saturated heterocycles. The Balaban J connectivity index is 1.92. The number of hydrogen-bond donors (Lipinski definition) is 1. The van der Waals surface area contributed by atoms with E-state index in [4.69, 9.17) is 20.8 Å². The standard InChI is InChI=1S/C21H18ClNO6/c1-11-13-8-15(22)17(28-2)10-16(13)29-21(27)14(11)9-18(24)23-19(20(25)26)12-6-4-3-5-7-12/h3-8,10,19H,9H2,1-2H3,(H,23,24)(H,25,26)/p-1/t19-/m0/s1. The number of fused-ring (bicyclic) bond motifs is 1. The lowest BCUT2D eigenvalue weighted by Gasteiger charge is -2.20. The van der Waals surface area contributed by atoms with E-state index in [2.05, 4.69) is 5.32 Å². The summed E-state index contributed by atoms with van der Waals surface area (Å²) in [5.74, 6) is -1.75. The molecule has 8 heteroatoms. The lowest BCUT2D eigenvalue weighted by Crippen LogP contribution is -2.42. The largest absolute Gasteiger partial charge is 0.548 e. The van der Waals surface area contributed by atoms with Crippen molar-refractivity contribution in [1.82, 2.24) is 5.32 Å². The molecule has 7 nitrogen and oxygen atoms in total. The van der Waals surface area contributed by atoms with Crippen molar-refractivity contribution in [2.45, 2.75) is 19.4 Å². The number of nitrogens with one attached hydrogen (secondary N) is 1. The van der Waals surface area contributed by atoms with Gasteiger partial charge in [-0.2, -0.15) is 0 Å². The zero-order valence-corrected chi connectivity index (χ0v) is 16.4. The number of benzene rings is 2. The molecule has 0 unspecified atom stereocenters. The van der Waals surface area contributed by atoms with Crippen LogP contribution in [0.15, 0.2) is 51.7 Å². The monoisotopic (exact) mass is 414 g/mol. The molecule has 0 aliphatic carbocycles. The SMILES string of the molecule is COc1cc2oc(=O)c(CC(=O)N[C@H](C(=O)[O-])c3ccccc3)c(C)c2cc1Cl. The number of ether oxygens (including phenoxy) is 1. The lowest BCUT2D eigenvalue weighted by molar-refractivity contribution is -0.308. The summed E-state index contributed by atoms with van der Waals surface area (Å²) in [5, 5.41) is 14.7. The van der Waals surface area contributed by atoms with E-state index >= 15 is 0 Å². The number of amides is 1. The van der Waals surface area contributed by atoms with Crippen LogP contribution < -0.4 is 20.8 Å². The molecule has 1 N–H and O–H groups in total. The number of carbonyl (C=O) groups is 2. The van der Waals surface area contributed by atoms with Gasteiger partial charge in [0.25, 0.3) is 0 Å². The molecule has 29 heavy (non-hydrogen) atoms. The van der Waals surface area contributed by atoms with Crippen LogP contribution in [0.3, 0.4) is 0 Å². The molecule has 150 valence electrons. The number of carboxylic acid groups (broad SMARTS) is 1. The highest BCUT2D eigenvalue weighted by molar-refractivity contribution is 6.32. The zero-order chi connectivity index (χ0) is 21.1. The van der Waals surface area contributed by atoms with Gasteiger partial charge in [0.2, 0.25) is 5.91 Å². The summed E-state index contributed by atoms with van der Waals surface area (Å²) in [5.41, 5.74) is 0.568. The molecule has 1 atom stereocenters. The lowest BCUT2D eigenvalue weighted by atomic mass is 10.0. The number of rotatable bonds is 6. The normalized spacial score (nSPS) is 11.8. The fraction of sp³-hybridized carbons (Fsp3) is 0.190. The van der Waals surface area contributed by atoms with E-state index in [0.29, 0.717) is 27.3 Å². The Morgan fingerprint density at radius 1 is 1.24 bits per heavy atom. The highest BCUT2D eigenvalue weighted by Gasteiger charge is 2.20. The van der Waals surface area contributed by atoms with E-state index in [9.17, 15) is 19.5 Å². The second kappa shape index (κ2) is 8.36. The van der Waals surface area contributed by atoms with E-state index in [1.165, 1.54) is 13.2 Å².